The summed E-state index contributed by atoms with van der Waals surface area (Å²) < 4.78 is 0. The Morgan fingerprint density at radius 1 is 1.38 bits per heavy atom. The zero-order valence-electron chi connectivity index (χ0n) is 8.71. The van der Waals surface area contributed by atoms with Crippen LogP contribution in [0.25, 0.3) is 11.4 Å². The normalized spacial score (nSPS) is 12.7. The lowest BCUT2D eigenvalue weighted by atomic mass is 10.2. The zero-order valence-corrected chi connectivity index (χ0v) is 9.46. The molecule has 2 rings (SSSR count). The van der Waals surface area contributed by atoms with Crippen molar-refractivity contribution in [2.75, 3.05) is 0 Å². The molecule has 0 aliphatic heterocycles. The van der Waals surface area contributed by atoms with Crippen molar-refractivity contribution in [3.8, 4) is 11.4 Å². The molecule has 0 saturated carbocycles. The number of aliphatic hydroxyl groups excluding tert-OH is 1. The molecule has 1 heterocycles. The molecule has 0 aliphatic carbocycles. The summed E-state index contributed by atoms with van der Waals surface area (Å²) in [5.41, 5.74) is 0.848. The Kier molecular flexibility index (Phi) is 3.17. The predicted octanol–water partition coefficient (Wildman–Crippen LogP) is 1.37. The van der Waals surface area contributed by atoms with Gasteiger partial charge in [-0.3, -0.25) is 0 Å². The lowest BCUT2D eigenvalue weighted by molar-refractivity contribution is 0.161. The number of benzene rings is 1. The van der Waals surface area contributed by atoms with Crippen molar-refractivity contribution >= 4 is 11.6 Å². The fraction of sp³-hybridized carbons (Fsp3) is 0.300. The van der Waals surface area contributed by atoms with Crippen LogP contribution < -0.4 is 0 Å². The monoisotopic (exact) mass is 238 g/mol. The van der Waals surface area contributed by atoms with E-state index in [1.165, 1.54) is 4.80 Å². The van der Waals surface area contributed by atoms with E-state index in [2.05, 4.69) is 15.4 Å². The van der Waals surface area contributed by atoms with Crippen molar-refractivity contribution in [3.05, 3.63) is 29.3 Å². The second-order valence-corrected chi connectivity index (χ2v) is 3.96. The lowest BCUT2D eigenvalue weighted by Gasteiger charge is -1.99. The Bertz CT molecular complexity index is 466. The van der Waals surface area contributed by atoms with Gasteiger partial charge in [0.05, 0.1) is 12.6 Å². The van der Waals surface area contributed by atoms with Crippen LogP contribution in [0.1, 0.15) is 6.92 Å². The molecule has 0 fully saturated rings. The van der Waals surface area contributed by atoms with Crippen LogP contribution in [-0.4, -0.2) is 31.4 Å². The summed E-state index contributed by atoms with van der Waals surface area (Å²) in [5, 5.41) is 21.7. The van der Waals surface area contributed by atoms with Crippen molar-refractivity contribution < 1.29 is 5.11 Å². The van der Waals surface area contributed by atoms with Gasteiger partial charge >= 0.3 is 0 Å². The van der Waals surface area contributed by atoms with Crippen LogP contribution in [0.2, 0.25) is 5.02 Å². The molecule has 0 amide bonds. The summed E-state index contributed by atoms with van der Waals surface area (Å²) >= 11 is 5.78. The van der Waals surface area contributed by atoms with Crippen LogP contribution in [0.4, 0.5) is 0 Å². The molecular weight excluding hydrogens is 228 g/mol. The first kappa shape index (κ1) is 11.0. The molecule has 6 heteroatoms. The minimum absolute atomic E-state index is 0.334. The summed E-state index contributed by atoms with van der Waals surface area (Å²) in [6, 6.07) is 7.19. The molecule has 84 valence electrons. The van der Waals surface area contributed by atoms with Crippen molar-refractivity contribution in [1.29, 1.82) is 0 Å². The topological polar surface area (TPSA) is 63.8 Å². The SMILES string of the molecule is C[C@H](O)Cn1nnc(-c2ccc(Cl)cc2)n1. The highest BCUT2D eigenvalue weighted by atomic mass is 35.5. The Morgan fingerprint density at radius 2 is 2.06 bits per heavy atom. The van der Waals surface area contributed by atoms with Crippen LogP contribution in [0, 0.1) is 0 Å². The minimum Gasteiger partial charge on any atom is -0.391 e. The number of nitrogens with zero attached hydrogens (tertiary/aromatic N) is 4. The summed E-state index contributed by atoms with van der Waals surface area (Å²) in [6.45, 7) is 2.01. The predicted molar refractivity (Wildman–Crippen MR) is 59.9 cm³/mol. The number of rotatable bonds is 3. The maximum Gasteiger partial charge on any atom is 0.204 e. The van der Waals surface area contributed by atoms with Gasteiger partial charge in [-0.1, -0.05) is 11.6 Å². The molecule has 1 aromatic carbocycles. The van der Waals surface area contributed by atoms with Crippen LogP contribution in [-0.2, 0) is 6.54 Å². The van der Waals surface area contributed by atoms with Crippen molar-refractivity contribution in [1.82, 2.24) is 20.2 Å². The first-order valence-corrected chi connectivity index (χ1v) is 5.25. The Hall–Kier alpha value is -1.46. The van der Waals surface area contributed by atoms with Gasteiger partial charge in [-0.15, -0.1) is 10.2 Å². The average Bonchev–Trinajstić information content (AvgIpc) is 2.66. The van der Waals surface area contributed by atoms with Crippen LogP contribution >= 0.6 is 11.6 Å². The highest BCUT2D eigenvalue weighted by Gasteiger charge is 2.06. The van der Waals surface area contributed by atoms with E-state index in [1.54, 1.807) is 19.1 Å². The van der Waals surface area contributed by atoms with E-state index in [4.69, 9.17) is 11.6 Å². The van der Waals surface area contributed by atoms with E-state index in [0.29, 0.717) is 17.4 Å². The number of halogens is 1. The molecule has 2 aromatic rings. The van der Waals surface area contributed by atoms with Gasteiger partial charge in [0.1, 0.15) is 0 Å². The Balaban J connectivity index is 2.21. The molecule has 1 atom stereocenters. The van der Waals surface area contributed by atoms with E-state index in [9.17, 15) is 5.11 Å². The largest absolute Gasteiger partial charge is 0.391 e. The van der Waals surface area contributed by atoms with Crippen LogP contribution in [0.15, 0.2) is 24.3 Å². The minimum atomic E-state index is -0.493. The summed E-state index contributed by atoms with van der Waals surface area (Å²) in [5.74, 6) is 0.525. The third kappa shape index (κ3) is 2.56. The molecule has 0 spiro atoms. The molecule has 1 N–H and O–H groups in total. The highest BCUT2D eigenvalue weighted by Crippen LogP contribution is 2.16. The Labute approximate surface area is 97.7 Å². The summed E-state index contributed by atoms with van der Waals surface area (Å²) in [7, 11) is 0. The first-order valence-electron chi connectivity index (χ1n) is 4.87. The van der Waals surface area contributed by atoms with Gasteiger partial charge in [-0.25, -0.2) is 0 Å². The van der Waals surface area contributed by atoms with Gasteiger partial charge in [0.15, 0.2) is 0 Å². The van der Waals surface area contributed by atoms with Gasteiger partial charge in [0.25, 0.3) is 0 Å². The fourth-order valence-electron chi connectivity index (χ4n) is 1.27. The molecule has 0 unspecified atom stereocenters. The number of hydrogen-bond acceptors (Lipinski definition) is 4. The summed E-state index contributed by atoms with van der Waals surface area (Å²) in [6.07, 6.45) is -0.493. The third-order valence-electron chi connectivity index (χ3n) is 1.98. The zero-order chi connectivity index (χ0) is 11.5. The maximum atomic E-state index is 9.18. The highest BCUT2D eigenvalue weighted by molar-refractivity contribution is 6.30. The second kappa shape index (κ2) is 4.59. The summed E-state index contributed by atoms with van der Waals surface area (Å²) in [4.78, 5) is 1.37. The molecule has 0 bridgehead atoms. The van der Waals surface area contributed by atoms with Crippen molar-refractivity contribution in [2.45, 2.75) is 19.6 Å². The first-order chi connectivity index (χ1) is 7.65. The average molecular weight is 239 g/mol. The smallest absolute Gasteiger partial charge is 0.204 e. The number of hydrogen-bond donors (Lipinski definition) is 1. The molecule has 0 saturated heterocycles. The quantitative estimate of drug-likeness (QED) is 0.877. The van der Waals surface area contributed by atoms with E-state index in [1.807, 2.05) is 12.1 Å². The number of aliphatic hydroxyl groups is 1. The molecule has 16 heavy (non-hydrogen) atoms. The third-order valence-corrected chi connectivity index (χ3v) is 2.23. The van der Waals surface area contributed by atoms with Crippen molar-refractivity contribution in [3.63, 3.8) is 0 Å². The van der Waals surface area contributed by atoms with E-state index >= 15 is 0 Å². The van der Waals surface area contributed by atoms with Gasteiger partial charge in [0.2, 0.25) is 5.82 Å². The van der Waals surface area contributed by atoms with Gasteiger partial charge in [-0.2, -0.15) is 4.80 Å². The van der Waals surface area contributed by atoms with Gasteiger partial charge in [-0.05, 0) is 36.4 Å². The molecule has 0 aliphatic rings. The second-order valence-electron chi connectivity index (χ2n) is 3.52. The van der Waals surface area contributed by atoms with E-state index in [-0.39, 0.29) is 0 Å². The lowest BCUT2D eigenvalue weighted by Crippen LogP contribution is -2.14. The van der Waals surface area contributed by atoms with E-state index in [0.717, 1.165) is 5.56 Å². The van der Waals surface area contributed by atoms with Crippen LogP contribution in [0.5, 0.6) is 0 Å². The van der Waals surface area contributed by atoms with Gasteiger partial charge in [0, 0.05) is 10.6 Å². The van der Waals surface area contributed by atoms with Gasteiger partial charge < -0.3 is 5.11 Å². The van der Waals surface area contributed by atoms with E-state index < -0.39 is 6.10 Å². The number of tetrazole rings is 1. The molecule has 5 nitrogen and oxygen atoms in total. The fourth-order valence-corrected chi connectivity index (χ4v) is 1.40. The standard InChI is InChI=1S/C10H11ClN4O/c1-7(16)6-15-13-10(12-14-15)8-2-4-9(11)5-3-8/h2-5,7,16H,6H2,1H3/t7-/m0/s1. The molecule has 1 aromatic heterocycles. The van der Waals surface area contributed by atoms with Crippen molar-refractivity contribution in [2.24, 2.45) is 0 Å². The maximum absolute atomic E-state index is 9.18. The molecular formula is C10H11ClN4O. The Morgan fingerprint density at radius 3 is 2.69 bits per heavy atom. The van der Waals surface area contributed by atoms with Crippen LogP contribution in [0.3, 0.4) is 0 Å². The molecule has 0 radical (unpaired) electrons. The number of aromatic nitrogens is 4.